The lowest BCUT2D eigenvalue weighted by Gasteiger charge is -2.34. The van der Waals surface area contributed by atoms with Crippen LogP contribution in [0.3, 0.4) is 0 Å². The fourth-order valence-electron chi connectivity index (χ4n) is 4.75. The number of carbonyl (C=O) groups excluding carboxylic acids is 2. The summed E-state index contributed by atoms with van der Waals surface area (Å²) in [5.41, 5.74) is 3.04. The standard InChI is InChI=1S/C25H32N4O2/c1-20-9-11-22(12-10-20)26-25(31)24(21-7-3-2-4-8-21)29-17-15-27(16-18-29)19-23(30)28-13-5-6-14-28/h2-4,7-12,24H,5-6,13-19H2,1H3,(H,26,31)/p+2/t24-/m0/s1. The third-order valence-electron chi connectivity index (χ3n) is 6.58. The third-order valence-corrected chi connectivity index (χ3v) is 6.58. The lowest BCUT2D eigenvalue weighted by molar-refractivity contribution is -1.02. The van der Waals surface area contributed by atoms with E-state index in [1.165, 1.54) is 15.4 Å². The van der Waals surface area contributed by atoms with Gasteiger partial charge in [-0.1, -0.05) is 48.0 Å². The van der Waals surface area contributed by atoms with E-state index in [-0.39, 0.29) is 17.9 Å². The molecule has 1 atom stereocenters. The van der Waals surface area contributed by atoms with Gasteiger partial charge in [-0.2, -0.15) is 0 Å². The average molecular weight is 423 g/mol. The zero-order chi connectivity index (χ0) is 21.6. The first-order valence-corrected chi connectivity index (χ1v) is 11.5. The van der Waals surface area contributed by atoms with Gasteiger partial charge in [-0.25, -0.2) is 0 Å². The maximum Gasteiger partial charge on any atom is 0.287 e. The van der Waals surface area contributed by atoms with E-state index in [0.29, 0.717) is 6.54 Å². The maximum absolute atomic E-state index is 13.3. The van der Waals surface area contributed by atoms with Gasteiger partial charge in [0, 0.05) is 24.3 Å². The fourth-order valence-corrected chi connectivity index (χ4v) is 4.75. The van der Waals surface area contributed by atoms with Crippen LogP contribution in [0.2, 0.25) is 0 Å². The molecular formula is C25H34N4O2+2. The molecule has 2 aliphatic heterocycles. The first kappa shape index (κ1) is 21.5. The Balaban J connectivity index is 1.41. The summed E-state index contributed by atoms with van der Waals surface area (Å²) in [7, 11) is 0. The van der Waals surface area contributed by atoms with Crippen LogP contribution >= 0.6 is 0 Å². The molecule has 0 unspecified atom stereocenters. The van der Waals surface area contributed by atoms with Gasteiger partial charge in [0.05, 0.1) is 0 Å². The molecule has 2 aliphatic rings. The smallest absolute Gasteiger partial charge is 0.287 e. The molecule has 0 aliphatic carbocycles. The number of carbonyl (C=O) groups is 2. The molecule has 2 amide bonds. The Morgan fingerprint density at radius 3 is 2.23 bits per heavy atom. The monoisotopic (exact) mass is 422 g/mol. The summed E-state index contributed by atoms with van der Waals surface area (Å²) in [4.78, 5) is 30.5. The van der Waals surface area contributed by atoms with Crippen molar-refractivity contribution in [2.75, 3.05) is 51.1 Å². The van der Waals surface area contributed by atoms with Gasteiger partial charge in [0.15, 0.2) is 12.6 Å². The SMILES string of the molecule is Cc1ccc(NC(=O)[C@H](c2ccccc2)[NH+]2CC[NH+](CC(=O)N3CCCC3)CC2)cc1. The first-order valence-electron chi connectivity index (χ1n) is 11.5. The van der Waals surface area contributed by atoms with Crippen molar-refractivity contribution < 1.29 is 19.4 Å². The third kappa shape index (κ3) is 5.51. The van der Waals surface area contributed by atoms with Gasteiger partial charge in [-0.05, 0) is 31.9 Å². The number of amides is 2. The van der Waals surface area contributed by atoms with Crippen LogP contribution in [0.5, 0.6) is 0 Å². The Bertz CT molecular complexity index is 870. The van der Waals surface area contributed by atoms with E-state index in [4.69, 9.17) is 0 Å². The van der Waals surface area contributed by atoms with Crippen molar-refractivity contribution in [3.8, 4) is 0 Å². The maximum atomic E-state index is 13.3. The fraction of sp³-hybridized carbons (Fsp3) is 0.440. The second-order valence-electron chi connectivity index (χ2n) is 8.87. The number of hydrogen-bond donors (Lipinski definition) is 3. The van der Waals surface area contributed by atoms with Crippen molar-refractivity contribution in [3.63, 3.8) is 0 Å². The number of piperazine rings is 1. The van der Waals surface area contributed by atoms with E-state index in [1.54, 1.807) is 0 Å². The number of likely N-dealkylation sites (tertiary alicyclic amines) is 1. The summed E-state index contributed by atoms with van der Waals surface area (Å²) in [6.45, 7) is 8.04. The molecule has 3 N–H and O–H groups in total. The molecule has 2 saturated heterocycles. The minimum atomic E-state index is -0.252. The highest BCUT2D eigenvalue weighted by atomic mass is 16.2. The summed E-state index contributed by atoms with van der Waals surface area (Å²) in [6.07, 6.45) is 2.27. The van der Waals surface area contributed by atoms with Gasteiger partial charge < -0.3 is 20.0 Å². The number of aryl methyl sites for hydroxylation is 1. The molecule has 0 aromatic heterocycles. The molecule has 0 bridgehead atoms. The van der Waals surface area contributed by atoms with Crippen molar-refractivity contribution >= 4 is 17.5 Å². The molecule has 6 nitrogen and oxygen atoms in total. The number of quaternary nitrogens is 2. The van der Waals surface area contributed by atoms with Crippen LogP contribution in [0, 0.1) is 6.92 Å². The molecule has 0 saturated carbocycles. The molecule has 2 fully saturated rings. The average Bonchev–Trinajstić information content (AvgIpc) is 3.33. The molecule has 0 radical (unpaired) electrons. The quantitative estimate of drug-likeness (QED) is 0.618. The van der Waals surface area contributed by atoms with E-state index in [2.05, 4.69) is 5.32 Å². The van der Waals surface area contributed by atoms with Gasteiger partial charge in [0.1, 0.15) is 26.2 Å². The molecule has 6 heteroatoms. The number of nitrogens with one attached hydrogen (secondary N) is 3. The zero-order valence-corrected chi connectivity index (χ0v) is 18.4. The van der Waals surface area contributed by atoms with Crippen LogP contribution in [0.1, 0.15) is 30.0 Å². The Kier molecular flexibility index (Phi) is 6.99. The van der Waals surface area contributed by atoms with Crippen LogP contribution in [0.15, 0.2) is 54.6 Å². The van der Waals surface area contributed by atoms with E-state index in [1.807, 2.05) is 66.4 Å². The highest BCUT2D eigenvalue weighted by molar-refractivity contribution is 5.94. The number of benzene rings is 2. The predicted octanol–water partition coefficient (Wildman–Crippen LogP) is 0.0806. The van der Waals surface area contributed by atoms with Gasteiger partial charge in [0.2, 0.25) is 0 Å². The van der Waals surface area contributed by atoms with Crippen molar-refractivity contribution in [2.45, 2.75) is 25.8 Å². The normalized spacial score (nSPS) is 22.2. The minimum absolute atomic E-state index is 0.0293. The van der Waals surface area contributed by atoms with Gasteiger partial charge in [0.25, 0.3) is 11.8 Å². The molecular weight excluding hydrogens is 388 g/mol. The van der Waals surface area contributed by atoms with Crippen LogP contribution in [0.4, 0.5) is 5.69 Å². The van der Waals surface area contributed by atoms with Crippen molar-refractivity contribution in [1.29, 1.82) is 0 Å². The Hall–Kier alpha value is -2.70. The van der Waals surface area contributed by atoms with Gasteiger partial charge in [-0.15, -0.1) is 0 Å². The van der Waals surface area contributed by atoms with Crippen molar-refractivity contribution in [1.82, 2.24) is 4.90 Å². The van der Waals surface area contributed by atoms with Crippen molar-refractivity contribution in [3.05, 3.63) is 65.7 Å². The summed E-state index contributed by atoms with van der Waals surface area (Å²) in [6, 6.07) is 17.8. The van der Waals surface area contributed by atoms with E-state index in [9.17, 15) is 9.59 Å². The van der Waals surface area contributed by atoms with E-state index >= 15 is 0 Å². The molecule has 31 heavy (non-hydrogen) atoms. The summed E-state index contributed by atoms with van der Waals surface area (Å²) in [5.74, 6) is 0.314. The summed E-state index contributed by atoms with van der Waals surface area (Å²) >= 11 is 0. The number of hydrogen-bond acceptors (Lipinski definition) is 2. The van der Waals surface area contributed by atoms with E-state index in [0.717, 1.165) is 63.4 Å². The van der Waals surface area contributed by atoms with Gasteiger partial charge in [-0.3, -0.25) is 9.59 Å². The Morgan fingerprint density at radius 2 is 1.58 bits per heavy atom. The largest absolute Gasteiger partial charge is 0.338 e. The molecule has 2 heterocycles. The minimum Gasteiger partial charge on any atom is -0.338 e. The number of nitrogens with zero attached hydrogens (tertiary/aromatic N) is 1. The zero-order valence-electron chi connectivity index (χ0n) is 18.4. The lowest BCUT2D eigenvalue weighted by atomic mass is 10.0. The second kappa shape index (κ2) is 10.1. The topological polar surface area (TPSA) is 58.3 Å². The molecule has 0 spiro atoms. The Morgan fingerprint density at radius 1 is 0.935 bits per heavy atom. The van der Waals surface area contributed by atoms with E-state index < -0.39 is 0 Å². The number of anilines is 1. The molecule has 4 rings (SSSR count). The molecule has 164 valence electrons. The second-order valence-corrected chi connectivity index (χ2v) is 8.87. The predicted molar refractivity (Wildman–Crippen MR) is 121 cm³/mol. The summed E-state index contributed by atoms with van der Waals surface area (Å²) < 4.78 is 0. The van der Waals surface area contributed by atoms with Crippen LogP contribution in [0.25, 0.3) is 0 Å². The number of rotatable bonds is 6. The summed E-state index contributed by atoms with van der Waals surface area (Å²) in [5, 5.41) is 3.12. The van der Waals surface area contributed by atoms with Gasteiger partial charge >= 0.3 is 0 Å². The van der Waals surface area contributed by atoms with Crippen molar-refractivity contribution in [2.24, 2.45) is 0 Å². The highest BCUT2D eigenvalue weighted by Gasteiger charge is 2.36. The van der Waals surface area contributed by atoms with Crippen LogP contribution in [-0.2, 0) is 9.59 Å². The lowest BCUT2D eigenvalue weighted by Crippen LogP contribution is -3.28. The Labute approximate surface area is 184 Å². The van der Waals surface area contributed by atoms with Crippen LogP contribution in [-0.4, -0.2) is 62.5 Å². The highest BCUT2D eigenvalue weighted by Crippen LogP contribution is 2.15. The first-order chi connectivity index (χ1) is 15.1. The van der Waals surface area contributed by atoms with Crippen LogP contribution < -0.4 is 15.1 Å². The molecule has 2 aromatic rings. The molecule has 2 aromatic carbocycles.